The summed E-state index contributed by atoms with van der Waals surface area (Å²) in [5, 5.41) is 26.9. The Kier molecular flexibility index (Phi) is 4.10. The van der Waals surface area contributed by atoms with Gasteiger partial charge >= 0.3 is 0 Å². The smallest absolute Gasteiger partial charge is 0.184 e. The standard InChI is InChI=1S/C17H25N9O/c1-10-20-21-12(24(10)5)9-26-15-13(22-23-26)14(25-7-6-11(27)8-25)18-16(19-15)17(2,3)4/h11,27H,6-9H2,1-5H3/t11-/m0/s1. The van der Waals surface area contributed by atoms with E-state index in [9.17, 15) is 5.11 Å². The van der Waals surface area contributed by atoms with Crippen LogP contribution in [0.1, 0.15) is 44.7 Å². The molecule has 3 aromatic heterocycles. The summed E-state index contributed by atoms with van der Waals surface area (Å²) in [6, 6.07) is 0. The molecule has 0 bridgehead atoms. The van der Waals surface area contributed by atoms with Crippen LogP contribution in [0.2, 0.25) is 0 Å². The zero-order valence-electron chi connectivity index (χ0n) is 16.4. The predicted octanol–water partition coefficient (Wildman–Crippen LogP) is 0.575. The van der Waals surface area contributed by atoms with E-state index >= 15 is 0 Å². The lowest BCUT2D eigenvalue weighted by Crippen LogP contribution is -2.25. The minimum Gasteiger partial charge on any atom is -0.391 e. The van der Waals surface area contributed by atoms with E-state index in [4.69, 9.17) is 9.97 Å². The van der Waals surface area contributed by atoms with Gasteiger partial charge in [0.05, 0.1) is 6.10 Å². The maximum Gasteiger partial charge on any atom is 0.184 e. The van der Waals surface area contributed by atoms with E-state index in [0.717, 1.165) is 36.3 Å². The third-order valence-electron chi connectivity index (χ3n) is 4.95. The Labute approximate surface area is 157 Å². The first kappa shape index (κ1) is 17.8. The largest absolute Gasteiger partial charge is 0.391 e. The highest BCUT2D eigenvalue weighted by molar-refractivity contribution is 5.83. The fraction of sp³-hybridized carbons (Fsp3) is 0.647. The number of aromatic nitrogens is 8. The minimum atomic E-state index is -0.343. The Hall–Kier alpha value is -2.62. The number of β-amino-alcohol motifs (C(OH)–C–C–N with tert-alkyl or cyclic N) is 1. The normalized spacial score (nSPS) is 18.0. The van der Waals surface area contributed by atoms with Crippen molar-refractivity contribution in [2.75, 3.05) is 18.0 Å². The second-order valence-corrected chi connectivity index (χ2v) is 8.15. The van der Waals surface area contributed by atoms with Crippen molar-refractivity contribution in [1.29, 1.82) is 0 Å². The lowest BCUT2D eigenvalue weighted by Gasteiger charge is -2.21. The van der Waals surface area contributed by atoms with Crippen molar-refractivity contribution in [3.63, 3.8) is 0 Å². The monoisotopic (exact) mass is 371 g/mol. The maximum absolute atomic E-state index is 9.95. The summed E-state index contributed by atoms with van der Waals surface area (Å²) >= 11 is 0. The molecule has 3 aromatic rings. The Morgan fingerprint density at radius 3 is 2.52 bits per heavy atom. The number of fused-ring (bicyclic) bond motifs is 1. The van der Waals surface area contributed by atoms with Gasteiger partial charge in [0, 0.05) is 25.6 Å². The van der Waals surface area contributed by atoms with Gasteiger partial charge in [0.25, 0.3) is 0 Å². The van der Waals surface area contributed by atoms with Gasteiger partial charge in [-0.3, -0.25) is 0 Å². The summed E-state index contributed by atoms with van der Waals surface area (Å²) in [4.78, 5) is 11.6. The van der Waals surface area contributed by atoms with Gasteiger partial charge in [0.15, 0.2) is 22.8 Å². The third-order valence-corrected chi connectivity index (χ3v) is 4.95. The molecule has 1 N–H and O–H groups in total. The van der Waals surface area contributed by atoms with Gasteiger partial charge in [0.1, 0.15) is 18.2 Å². The Morgan fingerprint density at radius 2 is 1.93 bits per heavy atom. The van der Waals surface area contributed by atoms with Crippen LogP contribution in [0.15, 0.2) is 0 Å². The summed E-state index contributed by atoms with van der Waals surface area (Å²) in [5.41, 5.74) is 1.10. The van der Waals surface area contributed by atoms with E-state index in [0.29, 0.717) is 24.3 Å². The number of hydrogen-bond acceptors (Lipinski definition) is 8. The molecular formula is C17H25N9O. The number of hydrogen-bond donors (Lipinski definition) is 1. The van der Waals surface area contributed by atoms with Gasteiger partial charge in [-0.1, -0.05) is 26.0 Å². The number of aliphatic hydroxyl groups is 1. The molecule has 0 radical (unpaired) electrons. The maximum atomic E-state index is 9.95. The SMILES string of the molecule is Cc1nnc(Cn2nnc3c(N4CC[C@H](O)C4)nc(C(C)(C)C)nc32)n1C. The highest BCUT2D eigenvalue weighted by atomic mass is 16.3. The van der Waals surface area contributed by atoms with Crippen LogP contribution in [0, 0.1) is 6.92 Å². The number of aliphatic hydroxyl groups excluding tert-OH is 1. The lowest BCUT2D eigenvalue weighted by atomic mass is 9.96. The molecule has 1 atom stereocenters. The van der Waals surface area contributed by atoms with Crippen molar-refractivity contribution in [3.05, 3.63) is 17.5 Å². The molecular weight excluding hydrogens is 346 g/mol. The van der Waals surface area contributed by atoms with Crippen molar-refractivity contribution in [2.45, 2.75) is 52.2 Å². The van der Waals surface area contributed by atoms with Crippen LogP contribution in [-0.2, 0) is 19.0 Å². The molecule has 4 rings (SSSR count). The Morgan fingerprint density at radius 1 is 1.15 bits per heavy atom. The molecule has 10 heteroatoms. The Balaban J connectivity index is 1.83. The molecule has 1 fully saturated rings. The highest BCUT2D eigenvalue weighted by Crippen LogP contribution is 2.29. The van der Waals surface area contributed by atoms with Crippen molar-refractivity contribution in [2.24, 2.45) is 7.05 Å². The van der Waals surface area contributed by atoms with Gasteiger partial charge in [-0.25, -0.2) is 14.6 Å². The molecule has 10 nitrogen and oxygen atoms in total. The van der Waals surface area contributed by atoms with Crippen LogP contribution in [0.25, 0.3) is 11.2 Å². The van der Waals surface area contributed by atoms with Gasteiger partial charge in [-0.15, -0.1) is 15.3 Å². The second-order valence-electron chi connectivity index (χ2n) is 8.15. The van der Waals surface area contributed by atoms with Crippen LogP contribution in [0.4, 0.5) is 5.82 Å². The zero-order valence-corrected chi connectivity index (χ0v) is 16.4. The van der Waals surface area contributed by atoms with E-state index in [2.05, 4.69) is 46.2 Å². The average molecular weight is 371 g/mol. The molecule has 4 heterocycles. The van der Waals surface area contributed by atoms with Gasteiger partial charge < -0.3 is 14.6 Å². The van der Waals surface area contributed by atoms with E-state index in [1.807, 2.05) is 18.5 Å². The first-order valence-electron chi connectivity index (χ1n) is 9.13. The average Bonchev–Trinajstić information content (AvgIpc) is 3.29. The summed E-state index contributed by atoms with van der Waals surface area (Å²) in [6.07, 6.45) is 0.382. The summed E-state index contributed by atoms with van der Waals surface area (Å²) in [6.45, 7) is 9.87. The fourth-order valence-electron chi connectivity index (χ4n) is 3.16. The molecule has 27 heavy (non-hydrogen) atoms. The van der Waals surface area contributed by atoms with E-state index < -0.39 is 0 Å². The number of anilines is 1. The van der Waals surface area contributed by atoms with Crippen molar-refractivity contribution >= 4 is 17.0 Å². The van der Waals surface area contributed by atoms with E-state index in [1.165, 1.54) is 0 Å². The van der Waals surface area contributed by atoms with Gasteiger partial charge in [-0.05, 0) is 13.3 Å². The highest BCUT2D eigenvalue weighted by Gasteiger charge is 2.29. The summed E-state index contributed by atoms with van der Waals surface area (Å²) < 4.78 is 3.67. The zero-order chi connectivity index (χ0) is 19.3. The Bertz CT molecular complexity index is 984. The van der Waals surface area contributed by atoms with E-state index in [-0.39, 0.29) is 11.5 Å². The molecule has 0 unspecified atom stereocenters. The second kappa shape index (κ2) is 6.22. The minimum absolute atomic E-state index is 0.224. The van der Waals surface area contributed by atoms with Crippen LogP contribution in [0.3, 0.4) is 0 Å². The van der Waals surface area contributed by atoms with Crippen LogP contribution in [0.5, 0.6) is 0 Å². The van der Waals surface area contributed by atoms with Crippen LogP contribution < -0.4 is 4.90 Å². The molecule has 0 saturated carbocycles. The molecule has 144 valence electrons. The lowest BCUT2D eigenvalue weighted by molar-refractivity contribution is 0.198. The molecule has 1 aliphatic rings. The van der Waals surface area contributed by atoms with Gasteiger partial charge in [0.2, 0.25) is 0 Å². The van der Waals surface area contributed by atoms with Crippen LogP contribution in [-0.4, -0.2) is 64.0 Å². The van der Waals surface area contributed by atoms with Gasteiger partial charge in [-0.2, -0.15) is 0 Å². The summed E-state index contributed by atoms with van der Waals surface area (Å²) in [7, 11) is 1.93. The van der Waals surface area contributed by atoms with E-state index in [1.54, 1.807) is 4.68 Å². The summed E-state index contributed by atoms with van der Waals surface area (Å²) in [5.74, 6) is 3.09. The molecule has 0 spiro atoms. The first-order valence-corrected chi connectivity index (χ1v) is 9.13. The van der Waals surface area contributed by atoms with Crippen molar-refractivity contribution in [1.82, 2.24) is 39.7 Å². The topological polar surface area (TPSA) is 111 Å². The fourth-order valence-corrected chi connectivity index (χ4v) is 3.16. The molecule has 0 aromatic carbocycles. The number of aryl methyl sites for hydroxylation is 1. The predicted molar refractivity (Wildman–Crippen MR) is 99.5 cm³/mol. The quantitative estimate of drug-likeness (QED) is 0.712. The first-order chi connectivity index (χ1) is 12.7. The molecule has 0 amide bonds. The number of rotatable bonds is 3. The molecule has 1 saturated heterocycles. The van der Waals surface area contributed by atoms with Crippen molar-refractivity contribution < 1.29 is 5.11 Å². The third kappa shape index (κ3) is 3.14. The molecule has 0 aliphatic carbocycles. The number of nitrogens with zero attached hydrogens (tertiary/aromatic N) is 9. The van der Waals surface area contributed by atoms with Crippen molar-refractivity contribution in [3.8, 4) is 0 Å². The molecule has 1 aliphatic heterocycles. The van der Waals surface area contributed by atoms with Crippen LogP contribution >= 0.6 is 0 Å².